The first-order chi connectivity index (χ1) is 12.6. The van der Waals surface area contributed by atoms with Crippen LogP contribution < -0.4 is 10.5 Å². The van der Waals surface area contributed by atoms with Gasteiger partial charge in [0.05, 0.1) is 23.8 Å². The molecule has 2 aliphatic rings. The van der Waals surface area contributed by atoms with Gasteiger partial charge in [-0.25, -0.2) is 14.6 Å². The fourth-order valence-electron chi connectivity index (χ4n) is 4.03. The Balaban J connectivity index is 1.35. The van der Waals surface area contributed by atoms with Crippen molar-refractivity contribution in [1.82, 2.24) is 29.5 Å². The van der Waals surface area contributed by atoms with E-state index in [0.29, 0.717) is 12.5 Å². The topological polar surface area (TPSA) is 81.7 Å². The Labute approximate surface area is 150 Å². The van der Waals surface area contributed by atoms with Crippen LogP contribution in [-0.2, 0) is 26.4 Å². The molecule has 4 heterocycles. The van der Waals surface area contributed by atoms with Crippen LogP contribution in [0.25, 0.3) is 11.0 Å². The number of anilines is 1. The molecule has 1 saturated heterocycles. The van der Waals surface area contributed by atoms with Crippen molar-refractivity contribution in [3.8, 4) is 0 Å². The Morgan fingerprint density at radius 2 is 2.08 bits per heavy atom. The number of aromatic nitrogens is 6. The van der Waals surface area contributed by atoms with Gasteiger partial charge < -0.3 is 4.90 Å². The van der Waals surface area contributed by atoms with E-state index in [0.717, 1.165) is 66.3 Å². The highest BCUT2D eigenvalue weighted by Crippen LogP contribution is 2.29. The third kappa shape index (κ3) is 2.40. The summed E-state index contributed by atoms with van der Waals surface area (Å²) in [6, 6.07) is 1.78. The summed E-state index contributed by atoms with van der Waals surface area (Å²) in [5, 5.41) is 9.86. The molecule has 134 valence electrons. The SMILES string of the molecule is Cc1nc(N2CC(Cn3nc4c(cc3=O)CCC4)C2)c2cnn(C)c2n1. The van der Waals surface area contributed by atoms with Crippen molar-refractivity contribution in [2.24, 2.45) is 13.0 Å². The lowest BCUT2D eigenvalue weighted by Crippen LogP contribution is -2.50. The molecule has 0 bridgehead atoms. The van der Waals surface area contributed by atoms with Crippen LogP contribution in [0.2, 0.25) is 0 Å². The lowest BCUT2D eigenvalue weighted by molar-refractivity contribution is 0.332. The Morgan fingerprint density at radius 1 is 1.23 bits per heavy atom. The Bertz CT molecular complexity index is 1060. The molecule has 8 nitrogen and oxygen atoms in total. The highest BCUT2D eigenvalue weighted by molar-refractivity contribution is 5.87. The molecular formula is C18H21N7O. The van der Waals surface area contributed by atoms with Gasteiger partial charge >= 0.3 is 0 Å². The summed E-state index contributed by atoms with van der Waals surface area (Å²) < 4.78 is 3.43. The summed E-state index contributed by atoms with van der Waals surface area (Å²) in [4.78, 5) is 23.6. The summed E-state index contributed by atoms with van der Waals surface area (Å²) in [7, 11) is 1.89. The molecule has 0 atom stereocenters. The normalized spacial score (nSPS) is 16.9. The van der Waals surface area contributed by atoms with Gasteiger partial charge in [-0.1, -0.05) is 0 Å². The zero-order valence-electron chi connectivity index (χ0n) is 15.0. The van der Waals surface area contributed by atoms with E-state index in [2.05, 4.69) is 25.1 Å². The smallest absolute Gasteiger partial charge is 0.267 e. The van der Waals surface area contributed by atoms with Crippen LogP contribution in [-0.4, -0.2) is 42.6 Å². The zero-order chi connectivity index (χ0) is 17.8. The van der Waals surface area contributed by atoms with E-state index in [9.17, 15) is 4.79 Å². The van der Waals surface area contributed by atoms with Gasteiger partial charge in [-0.2, -0.15) is 10.2 Å². The van der Waals surface area contributed by atoms with Gasteiger partial charge in [-0.15, -0.1) is 0 Å². The van der Waals surface area contributed by atoms with Crippen LogP contribution in [0.1, 0.15) is 23.5 Å². The van der Waals surface area contributed by atoms with Crippen LogP contribution in [0.4, 0.5) is 5.82 Å². The number of fused-ring (bicyclic) bond motifs is 2. The fraction of sp³-hybridized carbons (Fsp3) is 0.500. The van der Waals surface area contributed by atoms with Crippen molar-refractivity contribution in [1.29, 1.82) is 0 Å². The van der Waals surface area contributed by atoms with Crippen molar-refractivity contribution in [2.45, 2.75) is 32.7 Å². The number of aryl methyl sites for hydroxylation is 4. The lowest BCUT2D eigenvalue weighted by Gasteiger charge is -2.40. The second-order valence-electron chi connectivity index (χ2n) is 7.36. The maximum absolute atomic E-state index is 12.3. The van der Waals surface area contributed by atoms with Crippen LogP contribution >= 0.6 is 0 Å². The molecular weight excluding hydrogens is 330 g/mol. The number of nitrogens with zero attached hydrogens (tertiary/aromatic N) is 7. The summed E-state index contributed by atoms with van der Waals surface area (Å²) in [5.74, 6) is 2.09. The molecule has 8 heteroatoms. The summed E-state index contributed by atoms with van der Waals surface area (Å²) >= 11 is 0. The van der Waals surface area contributed by atoms with Crippen LogP contribution in [0.3, 0.4) is 0 Å². The molecule has 0 aromatic carbocycles. The van der Waals surface area contributed by atoms with Crippen molar-refractivity contribution >= 4 is 16.9 Å². The van der Waals surface area contributed by atoms with Crippen LogP contribution in [0.5, 0.6) is 0 Å². The maximum atomic E-state index is 12.3. The third-order valence-corrected chi connectivity index (χ3v) is 5.40. The number of rotatable bonds is 3. The molecule has 3 aromatic heterocycles. The second kappa shape index (κ2) is 5.62. The van der Waals surface area contributed by atoms with Crippen molar-refractivity contribution in [3.05, 3.63) is 39.7 Å². The zero-order valence-corrected chi connectivity index (χ0v) is 15.0. The van der Waals surface area contributed by atoms with E-state index in [1.807, 2.05) is 20.2 Å². The molecule has 1 aliphatic heterocycles. The quantitative estimate of drug-likeness (QED) is 0.696. The standard InChI is InChI=1S/C18H21N7O/c1-11-20-17-14(7-19-23(17)2)18(21-11)24-8-12(9-24)10-25-16(26)6-13-4-3-5-15(13)22-25/h6-7,12H,3-5,8-10H2,1-2H3. The highest BCUT2D eigenvalue weighted by Gasteiger charge is 2.31. The molecule has 0 saturated carbocycles. The maximum Gasteiger partial charge on any atom is 0.267 e. The number of hydrogen-bond donors (Lipinski definition) is 0. The van der Waals surface area contributed by atoms with E-state index in [4.69, 9.17) is 0 Å². The molecule has 1 fully saturated rings. The Kier molecular flexibility index (Phi) is 3.35. The molecule has 26 heavy (non-hydrogen) atoms. The molecule has 0 N–H and O–H groups in total. The summed E-state index contributed by atoms with van der Waals surface area (Å²) in [6.07, 6.45) is 4.91. The van der Waals surface area contributed by atoms with E-state index in [-0.39, 0.29) is 5.56 Å². The van der Waals surface area contributed by atoms with E-state index in [1.54, 1.807) is 15.4 Å². The third-order valence-electron chi connectivity index (χ3n) is 5.40. The van der Waals surface area contributed by atoms with Crippen molar-refractivity contribution in [3.63, 3.8) is 0 Å². The Hall–Kier alpha value is -2.77. The van der Waals surface area contributed by atoms with E-state index in [1.165, 1.54) is 0 Å². The minimum atomic E-state index is 0.0247. The summed E-state index contributed by atoms with van der Waals surface area (Å²) in [6.45, 7) is 4.31. The van der Waals surface area contributed by atoms with Gasteiger partial charge in [0.15, 0.2) is 5.65 Å². The van der Waals surface area contributed by atoms with Gasteiger partial charge in [-0.05, 0) is 31.7 Å². The minimum Gasteiger partial charge on any atom is -0.355 e. The van der Waals surface area contributed by atoms with Gasteiger partial charge in [0, 0.05) is 32.1 Å². The largest absolute Gasteiger partial charge is 0.355 e. The Morgan fingerprint density at radius 3 is 2.92 bits per heavy atom. The summed E-state index contributed by atoms with van der Waals surface area (Å²) in [5.41, 5.74) is 3.12. The first kappa shape index (κ1) is 15.5. The van der Waals surface area contributed by atoms with E-state index >= 15 is 0 Å². The molecule has 0 amide bonds. The highest BCUT2D eigenvalue weighted by atomic mass is 16.1. The van der Waals surface area contributed by atoms with Gasteiger partial charge in [0.2, 0.25) is 0 Å². The average Bonchev–Trinajstić information content (AvgIpc) is 3.17. The number of hydrogen-bond acceptors (Lipinski definition) is 6. The molecule has 3 aromatic rings. The lowest BCUT2D eigenvalue weighted by atomic mass is 10.00. The van der Waals surface area contributed by atoms with Gasteiger partial charge in [-0.3, -0.25) is 9.48 Å². The fourth-order valence-corrected chi connectivity index (χ4v) is 4.03. The molecule has 0 radical (unpaired) electrons. The van der Waals surface area contributed by atoms with E-state index < -0.39 is 0 Å². The first-order valence-electron chi connectivity index (χ1n) is 9.09. The predicted octanol–water partition coefficient (Wildman–Crippen LogP) is 0.854. The van der Waals surface area contributed by atoms with Crippen LogP contribution in [0.15, 0.2) is 17.1 Å². The monoisotopic (exact) mass is 351 g/mol. The molecule has 1 aliphatic carbocycles. The molecule has 0 unspecified atom stereocenters. The molecule has 0 spiro atoms. The van der Waals surface area contributed by atoms with Crippen molar-refractivity contribution < 1.29 is 0 Å². The average molecular weight is 351 g/mol. The second-order valence-corrected chi connectivity index (χ2v) is 7.36. The van der Waals surface area contributed by atoms with Crippen LogP contribution in [0, 0.1) is 12.8 Å². The predicted molar refractivity (Wildman–Crippen MR) is 97.3 cm³/mol. The van der Waals surface area contributed by atoms with Gasteiger partial charge in [0.25, 0.3) is 5.56 Å². The van der Waals surface area contributed by atoms with Crippen molar-refractivity contribution in [2.75, 3.05) is 18.0 Å². The first-order valence-corrected chi connectivity index (χ1v) is 9.09. The molecule has 5 rings (SSSR count). The minimum absolute atomic E-state index is 0.0247. The van der Waals surface area contributed by atoms with Gasteiger partial charge in [0.1, 0.15) is 11.6 Å².